The summed E-state index contributed by atoms with van der Waals surface area (Å²) in [4.78, 5) is 29.6. The summed E-state index contributed by atoms with van der Waals surface area (Å²) in [5, 5.41) is 7.16. The number of carbonyl (C=O) groups is 1. The lowest BCUT2D eigenvalue weighted by Gasteiger charge is -2.11. The molecule has 0 radical (unpaired) electrons. The van der Waals surface area contributed by atoms with Gasteiger partial charge in [-0.05, 0) is 35.9 Å². The van der Waals surface area contributed by atoms with Crippen molar-refractivity contribution >= 4 is 16.9 Å². The van der Waals surface area contributed by atoms with Gasteiger partial charge in [0.15, 0.2) is 17.1 Å². The van der Waals surface area contributed by atoms with Crippen molar-refractivity contribution in [2.75, 3.05) is 20.8 Å². The Bertz CT molecular complexity index is 1460. The third-order valence-corrected chi connectivity index (χ3v) is 5.48. The first kappa shape index (κ1) is 24.8. The van der Waals surface area contributed by atoms with Gasteiger partial charge in [0.05, 0.1) is 39.1 Å². The molecule has 2 heterocycles. The Morgan fingerprint density at radius 2 is 1.86 bits per heavy atom. The van der Waals surface area contributed by atoms with Crippen LogP contribution in [0.3, 0.4) is 0 Å². The quantitative estimate of drug-likeness (QED) is 0.398. The molecule has 1 N–H and O–H groups in total. The Balaban J connectivity index is 1.45. The van der Waals surface area contributed by atoms with Crippen molar-refractivity contribution < 1.29 is 27.4 Å². The SMILES string of the molecule is COc1ccc(C(=O)NCCn2ncc3c(=O)n(Cc4cccc(C(F)(F)F)c4)cnc32)cc1OC. The average Bonchev–Trinajstić information content (AvgIpc) is 3.28. The Hall–Kier alpha value is -4.35. The van der Waals surface area contributed by atoms with Crippen LogP contribution >= 0.6 is 0 Å². The van der Waals surface area contributed by atoms with Crippen molar-refractivity contribution in [3.63, 3.8) is 0 Å². The largest absolute Gasteiger partial charge is 0.493 e. The summed E-state index contributed by atoms with van der Waals surface area (Å²) >= 11 is 0. The number of halogens is 3. The highest BCUT2D eigenvalue weighted by Gasteiger charge is 2.30. The Labute approximate surface area is 203 Å². The van der Waals surface area contributed by atoms with Gasteiger partial charge >= 0.3 is 6.18 Å². The second kappa shape index (κ2) is 10.1. The lowest BCUT2D eigenvalue weighted by Crippen LogP contribution is -2.28. The average molecular weight is 501 g/mol. The summed E-state index contributed by atoms with van der Waals surface area (Å²) in [7, 11) is 2.98. The summed E-state index contributed by atoms with van der Waals surface area (Å²) in [6, 6.07) is 9.58. The molecule has 36 heavy (non-hydrogen) atoms. The molecule has 0 saturated heterocycles. The molecule has 0 aliphatic rings. The first-order chi connectivity index (χ1) is 17.2. The number of hydrogen-bond acceptors (Lipinski definition) is 6. The maximum atomic E-state index is 13.0. The Morgan fingerprint density at radius 3 is 2.58 bits per heavy atom. The molecule has 4 aromatic rings. The molecule has 12 heteroatoms. The standard InChI is InChI=1S/C24H22F3N5O4/c1-35-19-7-6-16(11-20(19)36-2)22(33)28-8-9-32-21-18(12-30-32)23(34)31(14-29-21)13-15-4-3-5-17(10-15)24(25,26)27/h3-7,10-12,14H,8-9,13H2,1-2H3,(H,28,33). The molecule has 0 spiro atoms. The van der Waals surface area contributed by atoms with Crippen molar-refractivity contribution in [3.05, 3.63) is 82.0 Å². The Morgan fingerprint density at radius 1 is 1.08 bits per heavy atom. The van der Waals surface area contributed by atoms with Crippen LogP contribution in [0.15, 0.2) is 59.8 Å². The highest BCUT2D eigenvalue weighted by molar-refractivity contribution is 5.94. The summed E-state index contributed by atoms with van der Waals surface area (Å²) in [5.74, 6) is 0.597. The van der Waals surface area contributed by atoms with E-state index < -0.39 is 17.3 Å². The molecule has 0 aliphatic heterocycles. The first-order valence-corrected chi connectivity index (χ1v) is 10.8. The van der Waals surface area contributed by atoms with Crippen LogP contribution in [-0.4, -0.2) is 46.0 Å². The maximum Gasteiger partial charge on any atom is 0.416 e. The minimum Gasteiger partial charge on any atom is -0.493 e. The molecule has 0 saturated carbocycles. The molecule has 0 atom stereocenters. The van der Waals surface area contributed by atoms with E-state index in [0.717, 1.165) is 12.1 Å². The molecular weight excluding hydrogens is 479 g/mol. The summed E-state index contributed by atoms with van der Waals surface area (Å²) in [6.45, 7) is 0.379. The number of alkyl halides is 3. The fourth-order valence-corrected chi connectivity index (χ4v) is 3.67. The molecule has 2 aromatic carbocycles. The lowest BCUT2D eigenvalue weighted by atomic mass is 10.1. The number of hydrogen-bond donors (Lipinski definition) is 1. The maximum absolute atomic E-state index is 13.0. The lowest BCUT2D eigenvalue weighted by molar-refractivity contribution is -0.137. The minimum absolute atomic E-state index is 0.0712. The van der Waals surface area contributed by atoms with Crippen LogP contribution in [0.4, 0.5) is 13.2 Å². The molecule has 188 valence electrons. The normalized spacial score (nSPS) is 11.5. The predicted octanol–water partition coefficient (Wildman–Crippen LogP) is 3.11. The number of aromatic nitrogens is 4. The van der Waals surface area contributed by atoms with Crippen LogP contribution in [0.2, 0.25) is 0 Å². The molecule has 0 unspecified atom stereocenters. The number of nitrogens with zero attached hydrogens (tertiary/aromatic N) is 4. The van der Waals surface area contributed by atoms with E-state index >= 15 is 0 Å². The van der Waals surface area contributed by atoms with Gasteiger partial charge in [-0.2, -0.15) is 18.3 Å². The monoisotopic (exact) mass is 501 g/mol. The Kier molecular flexibility index (Phi) is 6.95. The van der Waals surface area contributed by atoms with Gasteiger partial charge in [0.2, 0.25) is 0 Å². The van der Waals surface area contributed by atoms with E-state index in [4.69, 9.17) is 9.47 Å². The van der Waals surface area contributed by atoms with Crippen LogP contribution in [0, 0.1) is 0 Å². The zero-order valence-electron chi connectivity index (χ0n) is 19.4. The third kappa shape index (κ3) is 5.16. The van der Waals surface area contributed by atoms with E-state index in [2.05, 4.69) is 15.4 Å². The van der Waals surface area contributed by atoms with Gasteiger partial charge in [0.1, 0.15) is 11.7 Å². The topological polar surface area (TPSA) is 100 Å². The van der Waals surface area contributed by atoms with Gasteiger partial charge in [-0.1, -0.05) is 12.1 Å². The number of carbonyl (C=O) groups excluding carboxylic acids is 1. The third-order valence-electron chi connectivity index (χ3n) is 5.48. The van der Waals surface area contributed by atoms with Gasteiger partial charge in [-0.15, -0.1) is 0 Å². The number of amides is 1. The van der Waals surface area contributed by atoms with E-state index in [-0.39, 0.29) is 30.9 Å². The number of fused-ring (bicyclic) bond motifs is 1. The fraction of sp³-hybridized carbons (Fsp3) is 0.250. The molecule has 0 aliphatic carbocycles. The second-order valence-electron chi connectivity index (χ2n) is 7.81. The van der Waals surface area contributed by atoms with E-state index in [1.807, 2.05) is 0 Å². The fourth-order valence-electron chi connectivity index (χ4n) is 3.67. The van der Waals surface area contributed by atoms with Crippen molar-refractivity contribution in [3.8, 4) is 11.5 Å². The molecule has 0 bridgehead atoms. The van der Waals surface area contributed by atoms with Crippen LogP contribution in [-0.2, 0) is 19.3 Å². The van der Waals surface area contributed by atoms with E-state index in [0.29, 0.717) is 28.3 Å². The number of rotatable bonds is 8. The van der Waals surface area contributed by atoms with Crippen LogP contribution in [0.5, 0.6) is 11.5 Å². The molecule has 0 fully saturated rings. The highest BCUT2D eigenvalue weighted by atomic mass is 19.4. The molecule has 1 amide bonds. The zero-order chi connectivity index (χ0) is 25.9. The molecule has 9 nitrogen and oxygen atoms in total. The highest BCUT2D eigenvalue weighted by Crippen LogP contribution is 2.30. The number of nitrogens with one attached hydrogen (secondary N) is 1. The van der Waals surface area contributed by atoms with E-state index in [9.17, 15) is 22.8 Å². The zero-order valence-corrected chi connectivity index (χ0v) is 19.4. The van der Waals surface area contributed by atoms with Crippen LogP contribution in [0.25, 0.3) is 11.0 Å². The first-order valence-electron chi connectivity index (χ1n) is 10.8. The molecule has 4 rings (SSSR count). The van der Waals surface area contributed by atoms with Gasteiger partial charge in [-0.25, -0.2) is 9.67 Å². The van der Waals surface area contributed by atoms with Crippen molar-refractivity contribution in [1.82, 2.24) is 24.6 Å². The van der Waals surface area contributed by atoms with Crippen molar-refractivity contribution in [1.29, 1.82) is 0 Å². The number of methoxy groups -OCH3 is 2. The van der Waals surface area contributed by atoms with Crippen molar-refractivity contribution in [2.45, 2.75) is 19.3 Å². The van der Waals surface area contributed by atoms with Crippen molar-refractivity contribution in [2.24, 2.45) is 0 Å². The van der Waals surface area contributed by atoms with Crippen LogP contribution < -0.4 is 20.3 Å². The second-order valence-corrected chi connectivity index (χ2v) is 7.81. The van der Waals surface area contributed by atoms with Gasteiger partial charge < -0.3 is 14.8 Å². The smallest absolute Gasteiger partial charge is 0.416 e. The van der Waals surface area contributed by atoms with Gasteiger partial charge in [-0.3, -0.25) is 14.2 Å². The minimum atomic E-state index is -4.47. The number of benzene rings is 2. The van der Waals surface area contributed by atoms with Gasteiger partial charge in [0, 0.05) is 12.1 Å². The molecule has 2 aromatic heterocycles. The van der Waals surface area contributed by atoms with E-state index in [1.54, 1.807) is 18.2 Å². The van der Waals surface area contributed by atoms with Crippen LogP contribution in [0.1, 0.15) is 21.5 Å². The van der Waals surface area contributed by atoms with Gasteiger partial charge in [0.25, 0.3) is 11.5 Å². The summed E-state index contributed by atoms with van der Waals surface area (Å²) < 4.78 is 52.0. The predicted molar refractivity (Wildman–Crippen MR) is 124 cm³/mol. The molecular formula is C24H22F3N5O4. The number of ether oxygens (including phenoxy) is 2. The summed E-state index contributed by atoms with van der Waals surface area (Å²) in [5.41, 5.74) is -0.212. The van der Waals surface area contributed by atoms with E-state index in [1.165, 1.54) is 48.1 Å². The summed E-state index contributed by atoms with van der Waals surface area (Å²) in [6.07, 6.45) is -1.85.